The van der Waals surface area contributed by atoms with Gasteiger partial charge in [-0.15, -0.1) is 11.3 Å². The third-order valence-corrected chi connectivity index (χ3v) is 2.44. The highest BCUT2D eigenvalue weighted by molar-refractivity contribution is 7.10. The molecule has 1 heterocycles. The Kier molecular flexibility index (Phi) is 3.05. The summed E-state index contributed by atoms with van der Waals surface area (Å²) in [7, 11) is 0. The third kappa shape index (κ3) is 2.61. The molecular weight excluding hydrogens is 158 g/mol. The van der Waals surface area contributed by atoms with Crippen molar-refractivity contribution in [1.29, 1.82) is 0 Å². The Morgan fingerprint density at radius 2 is 2.45 bits per heavy atom. The van der Waals surface area contributed by atoms with E-state index >= 15 is 0 Å². The zero-order chi connectivity index (χ0) is 8.27. The topological polar surface area (TPSA) is 46.2 Å². The van der Waals surface area contributed by atoms with Crippen LogP contribution >= 0.6 is 11.3 Å². The van der Waals surface area contributed by atoms with Crippen LogP contribution in [-0.4, -0.2) is 11.1 Å². The normalized spacial score (nSPS) is 16.3. The first kappa shape index (κ1) is 8.71. The van der Waals surface area contributed by atoms with Crippen LogP contribution in [0.25, 0.3) is 0 Å². The number of rotatable bonds is 3. The van der Waals surface area contributed by atoms with Crippen LogP contribution in [-0.2, 0) is 0 Å². The van der Waals surface area contributed by atoms with Crippen molar-refractivity contribution in [2.24, 2.45) is 5.73 Å². The minimum absolute atomic E-state index is 0.0621. The van der Waals surface area contributed by atoms with Crippen molar-refractivity contribution >= 4 is 11.3 Å². The van der Waals surface area contributed by atoms with Gasteiger partial charge in [-0.1, -0.05) is 6.07 Å². The summed E-state index contributed by atoms with van der Waals surface area (Å²) in [5.41, 5.74) is 5.54. The van der Waals surface area contributed by atoms with Crippen molar-refractivity contribution in [1.82, 2.24) is 0 Å². The van der Waals surface area contributed by atoms with Gasteiger partial charge in [0.15, 0.2) is 0 Å². The Morgan fingerprint density at radius 3 is 2.91 bits per heavy atom. The number of thiophene rings is 1. The van der Waals surface area contributed by atoms with E-state index in [9.17, 15) is 5.11 Å². The van der Waals surface area contributed by atoms with Crippen LogP contribution in [0.4, 0.5) is 0 Å². The Labute approximate surface area is 70.7 Å². The summed E-state index contributed by atoms with van der Waals surface area (Å²) in [6, 6.07) is 3.93. The second kappa shape index (κ2) is 3.85. The molecule has 2 nitrogen and oxygen atoms in total. The fourth-order valence-corrected chi connectivity index (χ4v) is 1.67. The predicted molar refractivity (Wildman–Crippen MR) is 47.5 cm³/mol. The zero-order valence-electron chi connectivity index (χ0n) is 6.53. The van der Waals surface area contributed by atoms with Crippen LogP contribution in [0.5, 0.6) is 0 Å². The van der Waals surface area contributed by atoms with E-state index in [2.05, 4.69) is 0 Å². The minimum atomic E-state index is -0.380. The van der Waals surface area contributed by atoms with Crippen molar-refractivity contribution in [2.45, 2.75) is 25.5 Å². The molecule has 0 spiro atoms. The SMILES string of the molecule is C[C@@H](N)C[C@@H](O)c1cccs1. The van der Waals surface area contributed by atoms with E-state index in [4.69, 9.17) is 5.73 Å². The van der Waals surface area contributed by atoms with Gasteiger partial charge in [0.25, 0.3) is 0 Å². The largest absolute Gasteiger partial charge is 0.388 e. The van der Waals surface area contributed by atoms with Crippen molar-refractivity contribution in [2.75, 3.05) is 0 Å². The van der Waals surface area contributed by atoms with Gasteiger partial charge in [-0.2, -0.15) is 0 Å². The van der Waals surface area contributed by atoms with Gasteiger partial charge in [0, 0.05) is 10.9 Å². The predicted octanol–water partition coefficient (Wildman–Crippen LogP) is 1.52. The number of hydrogen-bond donors (Lipinski definition) is 2. The molecule has 0 unspecified atom stereocenters. The van der Waals surface area contributed by atoms with Gasteiger partial charge in [-0.05, 0) is 24.8 Å². The van der Waals surface area contributed by atoms with Crippen molar-refractivity contribution in [3.63, 3.8) is 0 Å². The Bertz CT molecular complexity index is 196. The van der Waals surface area contributed by atoms with Crippen LogP contribution in [0.15, 0.2) is 17.5 Å². The Hall–Kier alpha value is -0.380. The first-order valence-corrected chi connectivity index (χ1v) is 4.55. The quantitative estimate of drug-likeness (QED) is 0.724. The minimum Gasteiger partial charge on any atom is -0.388 e. The molecular formula is C8H13NOS. The highest BCUT2D eigenvalue weighted by atomic mass is 32.1. The second-order valence-corrected chi connectivity index (χ2v) is 3.72. The molecule has 0 aliphatic heterocycles. The summed E-state index contributed by atoms with van der Waals surface area (Å²) in [6.07, 6.45) is 0.260. The average molecular weight is 171 g/mol. The molecule has 3 N–H and O–H groups in total. The monoisotopic (exact) mass is 171 g/mol. The fraction of sp³-hybridized carbons (Fsp3) is 0.500. The smallest absolute Gasteiger partial charge is 0.0896 e. The number of hydrogen-bond acceptors (Lipinski definition) is 3. The van der Waals surface area contributed by atoms with E-state index in [1.54, 1.807) is 11.3 Å². The highest BCUT2D eigenvalue weighted by Crippen LogP contribution is 2.21. The zero-order valence-corrected chi connectivity index (χ0v) is 7.34. The fourth-order valence-electron chi connectivity index (χ4n) is 0.949. The molecule has 2 atom stereocenters. The van der Waals surface area contributed by atoms with E-state index in [1.807, 2.05) is 24.4 Å². The summed E-state index contributed by atoms with van der Waals surface area (Å²) in [4.78, 5) is 1.00. The molecule has 1 rings (SSSR count). The highest BCUT2D eigenvalue weighted by Gasteiger charge is 2.09. The third-order valence-electron chi connectivity index (χ3n) is 1.47. The van der Waals surface area contributed by atoms with Gasteiger partial charge in [-0.25, -0.2) is 0 Å². The number of nitrogens with two attached hydrogens (primary N) is 1. The molecule has 0 aromatic carbocycles. The van der Waals surface area contributed by atoms with Crippen LogP contribution < -0.4 is 5.73 Å². The van der Waals surface area contributed by atoms with Gasteiger partial charge in [-0.3, -0.25) is 0 Å². The van der Waals surface area contributed by atoms with Crippen LogP contribution in [0.3, 0.4) is 0 Å². The summed E-state index contributed by atoms with van der Waals surface area (Å²) >= 11 is 1.57. The second-order valence-electron chi connectivity index (χ2n) is 2.74. The first-order valence-electron chi connectivity index (χ1n) is 3.67. The van der Waals surface area contributed by atoms with Crippen LogP contribution in [0.1, 0.15) is 24.3 Å². The molecule has 0 fully saturated rings. The molecule has 0 amide bonds. The molecule has 0 saturated carbocycles. The van der Waals surface area contributed by atoms with Crippen molar-refractivity contribution < 1.29 is 5.11 Å². The van der Waals surface area contributed by atoms with Gasteiger partial charge in [0.1, 0.15) is 0 Å². The van der Waals surface area contributed by atoms with E-state index < -0.39 is 0 Å². The summed E-state index contributed by atoms with van der Waals surface area (Å²) in [6.45, 7) is 1.90. The lowest BCUT2D eigenvalue weighted by Crippen LogP contribution is -2.17. The molecule has 0 saturated heterocycles. The number of aliphatic hydroxyl groups is 1. The average Bonchev–Trinajstić information content (AvgIpc) is 2.35. The lowest BCUT2D eigenvalue weighted by atomic mass is 10.1. The summed E-state index contributed by atoms with van der Waals surface area (Å²) in [5, 5.41) is 11.5. The summed E-state index contributed by atoms with van der Waals surface area (Å²) in [5.74, 6) is 0. The maximum Gasteiger partial charge on any atom is 0.0896 e. The maximum atomic E-state index is 9.51. The van der Waals surface area contributed by atoms with Crippen molar-refractivity contribution in [3.8, 4) is 0 Å². The van der Waals surface area contributed by atoms with E-state index in [-0.39, 0.29) is 12.1 Å². The molecule has 1 aromatic rings. The van der Waals surface area contributed by atoms with Gasteiger partial charge in [0.05, 0.1) is 6.10 Å². The van der Waals surface area contributed by atoms with Gasteiger partial charge in [0.2, 0.25) is 0 Å². The van der Waals surface area contributed by atoms with E-state index in [1.165, 1.54) is 0 Å². The van der Waals surface area contributed by atoms with Crippen molar-refractivity contribution in [3.05, 3.63) is 22.4 Å². The van der Waals surface area contributed by atoms with E-state index in [0.29, 0.717) is 6.42 Å². The molecule has 0 aliphatic rings. The van der Waals surface area contributed by atoms with E-state index in [0.717, 1.165) is 4.88 Å². The molecule has 1 aromatic heterocycles. The van der Waals surface area contributed by atoms with Crippen LogP contribution in [0, 0.1) is 0 Å². The lowest BCUT2D eigenvalue weighted by Gasteiger charge is -2.10. The van der Waals surface area contributed by atoms with Crippen LogP contribution in [0.2, 0.25) is 0 Å². The van der Waals surface area contributed by atoms with Gasteiger partial charge >= 0.3 is 0 Å². The standard InChI is InChI=1S/C8H13NOS/c1-6(9)5-7(10)8-3-2-4-11-8/h2-4,6-7,10H,5,9H2,1H3/t6-,7-/m1/s1. The Balaban J connectivity index is 2.49. The molecule has 11 heavy (non-hydrogen) atoms. The molecule has 0 radical (unpaired) electrons. The number of aliphatic hydroxyl groups excluding tert-OH is 1. The Morgan fingerprint density at radius 1 is 1.73 bits per heavy atom. The lowest BCUT2D eigenvalue weighted by molar-refractivity contribution is 0.164. The molecule has 3 heteroatoms. The maximum absolute atomic E-state index is 9.51. The molecule has 62 valence electrons. The first-order chi connectivity index (χ1) is 5.20. The molecule has 0 aliphatic carbocycles. The van der Waals surface area contributed by atoms with Gasteiger partial charge < -0.3 is 10.8 Å². The molecule has 0 bridgehead atoms. The summed E-state index contributed by atoms with van der Waals surface area (Å²) < 4.78 is 0.